The molecule has 3 aromatic carbocycles. The van der Waals surface area contributed by atoms with E-state index < -0.39 is 23.5 Å². The first kappa shape index (κ1) is 24.9. The van der Waals surface area contributed by atoms with E-state index in [2.05, 4.69) is 4.98 Å². The molecule has 4 aromatic rings. The first-order chi connectivity index (χ1) is 18.4. The topological polar surface area (TPSA) is 79.7 Å². The number of aryl methyl sites for hydroxylation is 1. The normalized spacial score (nSPS) is 16.6. The van der Waals surface area contributed by atoms with Crippen LogP contribution in [0.25, 0.3) is 5.76 Å². The predicted octanol–water partition coefficient (Wildman–Crippen LogP) is 5.73. The molecule has 1 aliphatic heterocycles. The summed E-state index contributed by atoms with van der Waals surface area (Å²) in [5, 5.41) is 11.4. The van der Waals surface area contributed by atoms with Crippen molar-refractivity contribution < 1.29 is 23.8 Å². The Bertz CT molecular complexity index is 1500. The monoisotopic (exact) mass is 508 g/mol. The summed E-state index contributed by atoms with van der Waals surface area (Å²) in [5.41, 5.74) is 3.33. The number of hydrogen-bond donors (Lipinski definition) is 1. The molecule has 1 atom stereocenters. The van der Waals surface area contributed by atoms with Gasteiger partial charge in [-0.05, 0) is 65.6 Å². The van der Waals surface area contributed by atoms with Gasteiger partial charge >= 0.3 is 0 Å². The van der Waals surface area contributed by atoms with Crippen molar-refractivity contribution in [1.82, 2.24) is 9.88 Å². The molecule has 7 heteroatoms. The lowest BCUT2D eigenvalue weighted by atomic mass is 9.94. The summed E-state index contributed by atoms with van der Waals surface area (Å²) in [6, 6.07) is 23.0. The Balaban J connectivity index is 1.51. The van der Waals surface area contributed by atoms with E-state index in [4.69, 9.17) is 4.74 Å². The van der Waals surface area contributed by atoms with Gasteiger partial charge in [0.1, 0.15) is 23.9 Å². The number of Topliss-reactive ketones (excluding diaryl/α,β-unsaturated/α-hetero) is 1. The maximum absolute atomic E-state index is 13.7. The van der Waals surface area contributed by atoms with Gasteiger partial charge < -0.3 is 14.7 Å². The number of hydrogen-bond acceptors (Lipinski definition) is 5. The van der Waals surface area contributed by atoms with Crippen LogP contribution in [0.1, 0.15) is 33.9 Å². The van der Waals surface area contributed by atoms with Crippen molar-refractivity contribution in [3.8, 4) is 5.75 Å². The van der Waals surface area contributed by atoms with Crippen LogP contribution in [-0.4, -0.2) is 26.7 Å². The molecule has 0 radical (unpaired) electrons. The van der Waals surface area contributed by atoms with Gasteiger partial charge in [-0.1, -0.05) is 48.5 Å². The minimum atomic E-state index is -0.898. The fourth-order valence-corrected chi connectivity index (χ4v) is 4.57. The third-order valence-electron chi connectivity index (χ3n) is 6.49. The number of aliphatic hydroxyl groups excluding tert-OH is 1. The zero-order valence-electron chi connectivity index (χ0n) is 20.7. The highest BCUT2D eigenvalue weighted by molar-refractivity contribution is 6.46. The molecule has 1 N–H and O–H groups in total. The third-order valence-corrected chi connectivity index (χ3v) is 6.49. The second-order valence-corrected chi connectivity index (χ2v) is 9.09. The minimum absolute atomic E-state index is 0.0529. The smallest absolute Gasteiger partial charge is 0.295 e. The number of ketones is 1. The molecule has 190 valence electrons. The van der Waals surface area contributed by atoms with E-state index >= 15 is 0 Å². The molecule has 6 nitrogen and oxygen atoms in total. The van der Waals surface area contributed by atoms with E-state index in [0.29, 0.717) is 23.5 Å². The van der Waals surface area contributed by atoms with Crippen molar-refractivity contribution in [2.45, 2.75) is 26.1 Å². The van der Waals surface area contributed by atoms with E-state index in [1.807, 2.05) is 37.3 Å². The molecule has 2 heterocycles. The molecule has 0 bridgehead atoms. The van der Waals surface area contributed by atoms with Crippen LogP contribution in [0.2, 0.25) is 0 Å². The molecule has 1 aromatic heterocycles. The summed E-state index contributed by atoms with van der Waals surface area (Å²) in [4.78, 5) is 31.9. The van der Waals surface area contributed by atoms with E-state index in [-0.39, 0.29) is 17.9 Å². The highest BCUT2D eigenvalue weighted by Crippen LogP contribution is 2.40. The van der Waals surface area contributed by atoms with E-state index in [0.717, 1.165) is 16.7 Å². The van der Waals surface area contributed by atoms with Crippen LogP contribution in [0, 0.1) is 12.7 Å². The van der Waals surface area contributed by atoms with E-state index in [9.17, 15) is 19.1 Å². The molecule has 0 aliphatic carbocycles. The summed E-state index contributed by atoms with van der Waals surface area (Å²) in [7, 11) is 0. The molecule has 1 amide bonds. The highest BCUT2D eigenvalue weighted by atomic mass is 19.1. The molecular weight excluding hydrogens is 483 g/mol. The molecule has 1 aliphatic rings. The Morgan fingerprint density at radius 3 is 2.39 bits per heavy atom. The molecule has 38 heavy (non-hydrogen) atoms. The lowest BCUT2D eigenvalue weighted by Gasteiger charge is -2.25. The van der Waals surface area contributed by atoms with Gasteiger partial charge in [0.2, 0.25) is 0 Å². The first-order valence-corrected chi connectivity index (χ1v) is 12.1. The van der Waals surface area contributed by atoms with Gasteiger partial charge in [0.15, 0.2) is 0 Å². The van der Waals surface area contributed by atoms with Gasteiger partial charge in [-0.3, -0.25) is 14.6 Å². The van der Waals surface area contributed by atoms with Crippen molar-refractivity contribution in [3.05, 3.63) is 137 Å². The number of carbonyl (C=O) groups excluding carboxylic acids is 2. The van der Waals surface area contributed by atoms with Crippen LogP contribution in [-0.2, 0) is 22.7 Å². The van der Waals surface area contributed by atoms with Gasteiger partial charge in [0, 0.05) is 24.5 Å². The van der Waals surface area contributed by atoms with Gasteiger partial charge in [-0.2, -0.15) is 0 Å². The Kier molecular flexibility index (Phi) is 7.00. The number of halogens is 1. The predicted molar refractivity (Wildman–Crippen MR) is 140 cm³/mol. The quantitative estimate of drug-likeness (QED) is 0.196. The summed E-state index contributed by atoms with van der Waals surface area (Å²) >= 11 is 0. The number of amides is 1. The molecule has 0 saturated carbocycles. The second-order valence-electron chi connectivity index (χ2n) is 9.09. The van der Waals surface area contributed by atoms with Crippen LogP contribution >= 0.6 is 0 Å². The number of ether oxygens (including phenoxy) is 1. The van der Waals surface area contributed by atoms with E-state index in [1.54, 1.807) is 42.7 Å². The number of aliphatic hydroxyl groups is 1. The van der Waals surface area contributed by atoms with Gasteiger partial charge in [-0.25, -0.2) is 4.39 Å². The summed E-state index contributed by atoms with van der Waals surface area (Å²) in [6.07, 6.45) is 3.23. The van der Waals surface area contributed by atoms with Crippen LogP contribution in [0.4, 0.5) is 4.39 Å². The lowest BCUT2D eigenvalue weighted by molar-refractivity contribution is -0.140. The number of nitrogens with zero attached hydrogens (tertiary/aromatic N) is 2. The van der Waals surface area contributed by atoms with Crippen molar-refractivity contribution in [2.75, 3.05) is 0 Å². The Morgan fingerprint density at radius 2 is 1.71 bits per heavy atom. The highest BCUT2D eigenvalue weighted by Gasteiger charge is 2.46. The number of likely N-dealkylation sites (tertiary alicyclic amines) is 1. The molecule has 0 unspecified atom stereocenters. The van der Waals surface area contributed by atoms with Gasteiger partial charge in [0.05, 0.1) is 11.6 Å². The van der Waals surface area contributed by atoms with Crippen molar-refractivity contribution in [3.63, 3.8) is 0 Å². The van der Waals surface area contributed by atoms with Gasteiger partial charge in [0.25, 0.3) is 11.7 Å². The molecule has 1 fully saturated rings. The maximum Gasteiger partial charge on any atom is 0.295 e. The zero-order chi connectivity index (χ0) is 26.6. The third kappa shape index (κ3) is 5.04. The van der Waals surface area contributed by atoms with E-state index in [1.165, 1.54) is 29.2 Å². The SMILES string of the molecule is Cc1cc(/C(O)=C2\C(=O)C(=O)N(Cc3cccnc3)[C@H]2c2ccc(F)cc2)ccc1OCc1ccccc1. The Labute approximate surface area is 219 Å². The van der Waals surface area contributed by atoms with Crippen LogP contribution in [0.3, 0.4) is 0 Å². The maximum atomic E-state index is 13.7. The number of aromatic nitrogens is 1. The lowest BCUT2D eigenvalue weighted by Crippen LogP contribution is -2.29. The zero-order valence-corrected chi connectivity index (χ0v) is 20.7. The average Bonchev–Trinajstić information content (AvgIpc) is 3.18. The first-order valence-electron chi connectivity index (χ1n) is 12.1. The Morgan fingerprint density at radius 1 is 0.974 bits per heavy atom. The molecule has 1 saturated heterocycles. The number of rotatable bonds is 7. The summed E-state index contributed by atoms with van der Waals surface area (Å²) < 4.78 is 19.7. The average molecular weight is 509 g/mol. The number of pyridine rings is 1. The van der Waals surface area contributed by atoms with Crippen LogP contribution < -0.4 is 4.74 Å². The fraction of sp³-hybridized carbons (Fsp3) is 0.129. The van der Waals surface area contributed by atoms with Crippen molar-refractivity contribution in [1.29, 1.82) is 0 Å². The fourth-order valence-electron chi connectivity index (χ4n) is 4.57. The molecular formula is C31H25FN2O4. The summed E-state index contributed by atoms with van der Waals surface area (Å²) in [5.74, 6) is -1.66. The number of carbonyl (C=O) groups is 2. The van der Waals surface area contributed by atoms with Crippen LogP contribution in [0.5, 0.6) is 5.75 Å². The standard InChI is InChI=1S/C31H25FN2O4/c1-20-16-24(11-14-26(20)38-19-21-6-3-2-4-7-21)29(35)27-28(23-9-12-25(32)13-10-23)34(31(37)30(27)36)18-22-8-5-15-33-17-22/h2-17,28,35H,18-19H2,1H3/b29-27+/t28-/m0/s1. The van der Waals surface area contributed by atoms with Crippen LogP contribution in [0.15, 0.2) is 103 Å². The molecule has 5 rings (SSSR count). The van der Waals surface area contributed by atoms with Crippen molar-refractivity contribution in [2.24, 2.45) is 0 Å². The number of benzene rings is 3. The second kappa shape index (κ2) is 10.7. The molecule has 0 spiro atoms. The summed E-state index contributed by atoms with van der Waals surface area (Å²) in [6.45, 7) is 2.33. The minimum Gasteiger partial charge on any atom is -0.507 e. The largest absolute Gasteiger partial charge is 0.507 e. The Hall–Kier alpha value is -4.78. The van der Waals surface area contributed by atoms with Gasteiger partial charge in [-0.15, -0.1) is 0 Å². The van der Waals surface area contributed by atoms with Crippen molar-refractivity contribution >= 4 is 17.4 Å².